The van der Waals surface area contributed by atoms with Gasteiger partial charge in [-0.1, -0.05) is 45.4 Å². The van der Waals surface area contributed by atoms with Gasteiger partial charge in [0.1, 0.15) is 0 Å². The number of piperidine rings is 1. The minimum Gasteiger partial charge on any atom is -0.388 e. The van der Waals surface area contributed by atoms with E-state index in [-0.39, 0.29) is 5.91 Å². The molecule has 0 aromatic heterocycles. The van der Waals surface area contributed by atoms with E-state index >= 15 is 0 Å². The molecule has 1 fully saturated rings. The van der Waals surface area contributed by atoms with Crippen molar-refractivity contribution in [1.82, 2.24) is 4.90 Å². The molecule has 1 atom stereocenters. The summed E-state index contributed by atoms with van der Waals surface area (Å²) in [5.41, 5.74) is -0.673. The summed E-state index contributed by atoms with van der Waals surface area (Å²) in [5, 5.41) is 9.99. The topological polar surface area (TPSA) is 40.5 Å². The molecule has 1 amide bonds. The van der Waals surface area contributed by atoms with Crippen molar-refractivity contribution in [2.24, 2.45) is 0 Å². The average Bonchev–Trinajstić information content (AvgIpc) is 2.36. The summed E-state index contributed by atoms with van der Waals surface area (Å²) < 4.78 is 0. The molecule has 1 heterocycles. The predicted octanol–water partition coefficient (Wildman–Crippen LogP) is 3.50. The van der Waals surface area contributed by atoms with Crippen LogP contribution in [0.1, 0.15) is 78.1 Å². The molecule has 3 nitrogen and oxygen atoms in total. The number of carbonyl (C=O) groups excluding carboxylic acids is 1. The van der Waals surface area contributed by atoms with Crippen LogP contribution < -0.4 is 0 Å². The van der Waals surface area contributed by atoms with E-state index in [9.17, 15) is 9.90 Å². The molecular formula is C16H31NO2. The van der Waals surface area contributed by atoms with Crippen LogP contribution in [0.25, 0.3) is 0 Å². The number of aliphatic hydroxyl groups is 1. The third kappa shape index (κ3) is 6.95. The fourth-order valence-corrected chi connectivity index (χ4v) is 2.82. The second-order valence-corrected chi connectivity index (χ2v) is 6.29. The Morgan fingerprint density at radius 3 is 2.42 bits per heavy atom. The monoisotopic (exact) mass is 269 g/mol. The molecule has 1 N–H and O–H groups in total. The molecule has 1 saturated heterocycles. The van der Waals surface area contributed by atoms with Gasteiger partial charge in [0, 0.05) is 19.5 Å². The van der Waals surface area contributed by atoms with Crippen LogP contribution in [0, 0.1) is 0 Å². The zero-order valence-corrected chi connectivity index (χ0v) is 12.8. The van der Waals surface area contributed by atoms with Crippen molar-refractivity contribution >= 4 is 5.91 Å². The summed E-state index contributed by atoms with van der Waals surface area (Å²) in [6.07, 6.45) is 11.1. The maximum absolute atomic E-state index is 12.0. The van der Waals surface area contributed by atoms with Gasteiger partial charge in [-0.3, -0.25) is 4.79 Å². The first-order chi connectivity index (χ1) is 9.05. The first kappa shape index (κ1) is 16.5. The van der Waals surface area contributed by atoms with E-state index in [4.69, 9.17) is 0 Å². The number of β-amino-alcohol motifs (C(OH)–C–C–N with tert-alkyl or cyclic N) is 1. The van der Waals surface area contributed by atoms with Crippen molar-refractivity contribution in [3.05, 3.63) is 0 Å². The molecule has 0 radical (unpaired) electrons. The summed E-state index contributed by atoms with van der Waals surface area (Å²) >= 11 is 0. The summed E-state index contributed by atoms with van der Waals surface area (Å²) in [6.45, 7) is 5.40. The van der Waals surface area contributed by atoms with Gasteiger partial charge in [-0.05, 0) is 26.2 Å². The maximum Gasteiger partial charge on any atom is 0.222 e. The zero-order valence-electron chi connectivity index (χ0n) is 12.8. The molecule has 1 unspecified atom stereocenters. The highest BCUT2D eigenvalue weighted by atomic mass is 16.3. The highest BCUT2D eigenvalue weighted by Crippen LogP contribution is 2.21. The fraction of sp³-hybridized carbons (Fsp3) is 0.938. The van der Waals surface area contributed by atoms with Gasteiger partial charge in [0.25, 0.3) is 0 Å². The van der Waals surface area contributed by atoms with Gasteiger partial charge in [-0.15, -0.1) is 0 Å². The van der Waals surface area contributed by atoms with E-state index in [2.05, 4.69) is 6.92 Å². The van der Waals surface area contributed by atoms with Gasteiger partial charge < -0.3 is 10.0 Å². The SMILES string of the molecule is CCCCCCCCCC(=O)N1CCCC(C)(O)C1. The lowest BCUT2D eigenvalue weighted by molar-refractivity contribution is -0.137. The molecule has 1 aliphatic rings. The Balaban J connectivity index is 2.07. The number of unbranched alkanes of at least 4 members (excludes halogenated alkanes) is 6. The zero-order chi connectivity index (χ0) is 14.1. The minimum absolute atomic E-state index is 0.230. The van der Waals surface area contributed by atoms with Crippen LogP contribution in [0.3, 0.4) is 0 Å². The second-order valence-electron chi connectivity index (χ2n) is 6.29. The van der Waals surface area contributed by atoms with Crippen molar-refractivity contribution in [1.29, 1.82) is 0 Å². The Kier molecular flexibility index (Phi) is 7.44. The molecule has 0 aliphatic carbocycles. The molecule has 1 rings (SSSR count). The van der Waals surface area contributed by atoms with Crippen molar-refractivity contribution in [3.8, 4) is 0 Å². The highest BCUT2D eigenvalue weighted by Gasteiger charge is 2.30. The number of carbonyl (C=O) groups is 1. The number of rotatable bonds is 8. The van der Waals surface area contributed by atoms with Crippen LogP contribution in [0.4, 0.5) is 0 Å². The molecule has 0 aromatic carbocycles. The van der Waals surface area contributed by atoms with Gasteiger partial charge in [-0.25, -0.2) is 0 Å². The van der Waals surface area contributed by atoms with Crippen LogP contribution in [-0.4, -0.2) is 34.6 Å². The van der Waals surface area contributed by atoms with Crippen molar-refractivity contribution in [2.75, 3.05) is 13.1 Å². The third-order valence-electron chi connectivity index (χ3n) is 4.02. The number of hydrogen-bond acceptors (Lipinski definition) is 2. The molecule has 112 valence electrons. The molecule has 3 heteroatoms. The molecule has 19 heavy (non-hydrogen) atoms. The molecule has 0 saturated carbocycles. The molecule has 0 bridgehead atoms. The average molecular weight is 269 g/mol. The van der Waals surface area contributed by atoms with Crippen LogP contribution in [0.2, 0.25) is 0 Å². The first-order valence-corrected chi connectivity index (χ1v) is 8.05. The van der Waals surface area contributed by atoms with Gasteiger partial charge in [0.05, 0.1) is 5.60 Å². The Hall–Kier alpha value is -0.570. The standard InChI is InChI=1S/C16H31NO2/c1-3-4-5-6-7-8-9-11-15(18)17-13-10-12-16(2,19)14-17/h19H,3-14H2,1-2H3. The second kappa shape index (κ2) is 8.57. The first-order valence-electron chi connectivity index (χ1n) is 8.05. The minimum atomic E-state index is -0.673. The maximum atomic E-state index is 12.0. The third-order valence-corrected chi connectivity index (χ3v) is 4.02. The summed E-state index contributed by atoms with van der Waals surface area (Å²) in [7, 11) is 0. The Bertz CT molecular complexity index is 263. The smallest absolute Gasteiger partial charge is 0.222 e. The Labute approximate surface area is 118 Å². The van der Waals surface area contributed by atoms with Crippen molar-refractivity contribution < 1.29 is 9.90 Å². The van der Waals surface area contributed by atoms with E-state index in [0.29, 0.717) is 13.0 Å². The number of likely N-dealkylation sites (tertiary alicyclic amines) is 1. The Morgan fingerprint density at radius 1 is 1.16 bits per heavy atom. The van der Waals surface area contributed by atoms with Crippen LogP contribution in [-0.2, 0) is 4.79 Å². The lowest BCUT2D eigenvalue weighted by atomic mass is 9.95. The number of amides is 1. The van der Waals surface area contributed by atoms with Crippen LogP contribution in [0.15, 0.2) is 0 Å². The van der Waals surface area contributed by atoms with Crippen LogP contribution >= 0.6 is 0 Å². The largest absolute Gasteiger partial charge is 0.388 e. The highest BCUT2D eigenvalue weighted by molar-refractivity contribution is 5.76. The number of nitrogens with zero attached hydrogens (tertiary/aromatic N) is 1. The summed E-state index contributed by atoms with van der Waals surface area (Å²) in [6, 6.07) is 0. The van der Waals surface area contributed by atoms with Crippen LogP contribution in [0.5, 0.6) is 0 Å². The van der Waals surface area contributed by atoms with E-state index in [1.165, 1.54) is 38.5 Å². The molecular weight excluding hydrogens is 238 g/mol. The van der Waals surface area contributed by atoms with Crippen molar-refractivity contribution in [2.45, 2.75) is 83.7 Å². The van der Waals surface area contributed by atoms with Crippen molar-refractivity contribution in [3.63, 3.8) is 0 Å². The quantitative estimate of drug-likeness (QED) is 0.685. The normalized spacial score (nSPS) is 23.6. The predicted molar refractivity (Wildman–Crippen MR) is 79.0 cm³/mol. The van der Waals surface area contributed by atoms with Gasteiger partial charge in [0.2, 0.25) is 5.91 Å². The lowest BCUT2D eigenvalue weighted by Crippen LogP contribution is -2.48. The molecule has 0 spiro atoms. The Morgan fingerprint density at radius 2 is 1.79 bits per heavy atom. The molecule has 1 aliphatic heterocycles. The van der Waals surface area contributed by atoms with E-state index in [0.717, 1.165) is 25.8 Å². The number of hydrogen-bond donors (Lipinski definition) is 1. The van der Waals surface area contributed by atoms with Gasteiger partial charge in [-0.2, -0.15) is 0 Å². The summed E-state index contributed by atoms with van der Waals surface area (Å²) in [5.74, 6) is 0.230. The molecule has 0 aromatic rings. The van der Waals surface area contributed by atoms with E-state index in [1.807, 2.05) is 11.8 Å². The van der Waals surface area contributed by atoms with E-state index in [1.54, 1.807) is 0 Å². The fourth-order valence-electron chi connectivity index (χ4n) is 2.82. The lowest BCUT2D eigenvalue weighted by Gasteiger charge is -2.36. The van der Waals surface area contributed by atoms with Gasteiger partial charge in [0.15, 0.2) is 0 Å². The van der Waals surface area contributed by atoms with E-state index < -0.39 is 5.60 Å². The van der Waals surface area contributed by atoms with Gasteiger partial charge >= 0.3 is 0 Å². The summed E-state index contributed by atoms with van der Waals surface area (Å²) in [4.78, 5) is 13.9.